The van der Waals surface area contributed by atoms with Gasteiger partial charge >= 0.3 is 5.69 Å². The first-order valence-electron chi connectivity index (χ1n) is 9.27. The first-order chi connectivity index (χ1) is 14.0. The summed E-state index contributed by atoms with van der Waals surface area (Å²) in [7, 11) is -3.74. The summed E-state index contributed by atoms with van der Waals surface area (Å²) in [5.74, 6) is 0.214. The minimum absolute atomic E-state index is 0.140. The van der Waals surface area contributed by atoms with Crippen LogP contribution in [0.15, 0.2) is 46.2 Å². The number of fused-ring (bicyclic) bond motifs is 1. The van der Waals surface area contributed by atoms with Gasteiger partial charge in [-0.3, -0.25) is 4.79 Å². The Morgan fingerprint density at radius 1 is 1.10 bits per heavy atom. The van der Waals surface area contributed by atoms with Gasteiger partial charge in [0.05, 0.1) is 11.4 Å². The Bertz CT molecular complexity index is 1240. The van der Waals surface area contributed by atoms with Gasteiger partial charge in [-0.15, -0.1) is 10.2 Å². The molecule has 0 aliphatic carbocycles. The molecule has 0 aliphatic heterocycles. The third-order valence-corrected chi connectivity index (χ3v) is 6.62. The fraction of sp³-hybridized carbons (Fsp3) is 0.368. The lowest BCUT2D eigenvalue weighted by Crippen LogP contribution is -2.31. The van der Waals surface area contributed by atoms with Crippen molar-refractivity contribution in [1.29, 1.82) is 0 Å². The average molecular weight is 433 g/mol. The lowest BCUT2D eigenvalue weighted by Gasteiger charge is -2.17. The summed E-state index contributed by atoms with van der Waals surface area (Å²) in [5, 5.41) is 10.4. The zero-order valence-corrected chi connectivity index (χ0v) is 17.9. The van der Waals surface area contributed by atoms with Crippen molar-refractivity contribution < 1.29 is 17.9 Å². The van der Waals surface area contributed by atoms with Crippen molar-refractivity contribution in [2.75, 3.05) is 11.9 Å². The molecule has 0 spiro atoms. The molecule has 1 aromatic carbocycles. The molecular weight excluding hydrogens is 410 g/mol. The number of nitrogens with one attached hydrogen (secondary N) is 1. The molecule has 0 unspecified atom stereocenters. The van der Waals surface area contributed by atoms with Gasteiger partial charge in [0.15, 0.2) is 10.7 Å². The SMILES string of the molecule is CCOc1ccc(NC(=O)Cn2nc3ccc(S(=O)(=O)C(C)(C)C)nn3c2=O)cc1. The second kappa shape index (κ2) is 7.90. The van der Waals surface area contributed by atoms with Crippen molar-refractivity contribution in [3.63, 3.8) is 0 Å². The molecule has 1 N–H and O–H groups in total. The first-order valence-corrected chi connectivity index (χ1v) is 10.8. The highest BCUT2D eigenvalue weighted by molar-refractivity contribution is 7.92. The summed E-state index contributed by atoms with van der Waals surface area (Å²) < 4.78 is 31.2. The molecule has 0 aliphatic rings. The zero-order chi connectivity index (χ0) is 22.1. The predicted octanol–water partition coefficient (Wildman–Crippen LogP) is 1.50. The van der Waals surface area contributed by atoms with Gasteiger partial charge in [0, 0.05) is 5.69 Å². The topological polar surface area (TPSA) is 125 Å². The third-order valence-electron chi connectivity index (χ3n) is 4.24. The molecule has 0 radical (unpaired) electrons. The Hall–Kier alpha value is -3.21. The molecule has 2 aromatic heterocycles. The van der Waals surface area contributed by atoms with Crippen molar-refractivity contribution in [2.24, 2.45) is 0 Å². The molecule has 160 valence electrons. The molecule has 0 bridgehead atoms. The van der Waals surface area contributed by atoms with Gasteiger partial charge in [0.25, 0.3) is 0 Å². The molecule has 10 nitrogen and oxygen atoms in total. The van der Waals surface area contributed by atoms with E-state index in [-0.39, 0.29) is 17.2 Å². The molecule has 11 heteroatoms. The van der Waals surface area contributed by atoms with Crippen molar-refractivity contribution in [2.45, 2.75) is 44.0 Å². The second-order valence-corrected chi connectivity index (χ2v) is 10.2. The lowest BCUT2D eigenvalue weighted by atomic mass is 10.3. The lowest BCUT2D eigenvalue weighted by molar-refractivity contribution is -0.117. The Kier molecular flexibility index (Phi) is 5.66. The van der Waals surface area contributed by atoms with Crippen LogP contribution in [0.4, 0.5) is 5.69 Å². The van der Waals surface area contributed by atoms with E-state index in [0.717, 1.165) is 9.20 Å². The maximum Gasteiger partial charge on any atom is 0.367 e. The number of anilines is 1. The van der Waals surface area contributed by atoms with Crippen LogP contribution in [-0.4, -0.2) is 45.1 Å². The number of sulfone groups is 1. The highest BCUT2D eigenvalue weighted by Crippen LogP contribution is 2.22. The number of nitrogens with zero attached hydrogens (tertiary/aromatic N) is 4. The molecule has 0 saturated heterocycles. The van der Waals surface area contributed by atoms with Crippen molar-refractivity contribution >= 4 is 27.1 Å². The number of ether oxygens (including phenoxy) is 1. The standard InChI is InChI=1S/C19H23N5O5S/c1-5-29-14-8-6-13(7-9-14)20-16(25)12-23-18(26)24-15(21-23)10-11-17(22-24)30(27,28)19(2,3)4/h6-11H,5,12H2,1-4H3,(H,20,25). The van der Waals surface area contributed by atoms with Gasteiger partial charge in [0.1, 0.15) is 12.3 Å². The quantitative estimate of drug-likeness (QED) is 0.624. The molecule has 0 saturated carbocycles. The third kappa shape index (κ3) is 4.20. The summed E-state index contributed by atoms with van der Waals surface area (Å²) >= 11 is 0. The maximum atomic E-state index is 12.6. The molecule has 3 aromatic rings. The van der Waals surface area contributed by atoms with Crippen LogP contribution >= 0.6 is 0 Å². The van der Waals surface area contributed by atoms with Crippen LogP contribution in [0.3, 0.4) is 0 Å². The number of aromatic nitrogens is 4. The van der Waals surface area contributed by atoms with Gasteiger partial charge in [-0.1, -0.05) is 0 Å². The van der Waals surface area contributed by atoms with Crippen LogP contribution in [0.5, 0.6) is 5.75 Å². The first kappa shape index (κ1) is 21.5. The number of benzene rings is 1. The highest BCUT2D eigenvalue weighted by Gasteiger charge is 2.32. The van der Waals surface area contributed by atoms with E-state index in [1.807, 2.05) is 6.92 Å². The summed E-state index contributed by atoms with van der Waals surface area (Å²) in [5.41, 5.74) is -0.0310. The summed E-state index contributed by atoms with van der Waals surface area (Å²) in [6.07, 6.45) is 0. The van der Waals surface area contributed by atoms with Crippen molar-refractivity contribution in [3.05, 3.63) is 46.9 Å². The monoisotopic (exact) mass is 433 g/mol. The summed E-state index contributed by atoms with van der Waals surface area (Å²) in [6, 6.07) is 9.48. The molecule has 3 rings (SSSR count). The molecule has 30 heavy (non-hydrogen) atoms. The van der Waals surface area contributed by atoms with E-state index in [9.17, 15) is 18.0 Å². The molecule has 0 fully saturated rings. The number of hydrogen-bond acceptors (Lipinski definition) is 7. The number of rotatable bonds is 6. The van der Waals surface area contributed by atoms with Crippen LogP contribution in [0.25, 0.3) is 5.65 Å². The number of carbonyl (C=O) groups excluding carboxylic acids is 1. The molecular formula is C19H23N5O5S. The van der Waals surface area contributed by atoms with Gasteiger partial charge in [-0.05, 0) is 64.1 Å². The van der Waals surface area contributed by atoms with Gasteiger partial charge in [-0.2, -0.15) is 4.52 Å². The van der Waals surface area contributed by atoms with Crippen molar-refractivity contribution in [1.82, 2.24) is 19.4 Å². The van der Waals surface area contributed by atoms with E-state index >= 15 is 0 Å². The minimum atomic E-state index is -3.74. The van der Waals surface area contributed by atoms with E-state index < -0.39 is 26.2 Å². The summed E-state index contributed by atoms with van der Waals surface area (Å²) in [6.45, 7) is 6.70. The predicted molar refractivity (Wildman–Crippen MR) is 110 cm³/mol. The molecule has 0 atom stereocenters. The number of carbonyl (C=O) groups is 1. The minimum Gasteiger partial charge on any atom is -0.494 e. The molecule has 2 heterocycles. The van der Waals surface area contributed by atoms with E-state index in [0.29, 0.717) is 18.0 Å². The van der Waals surface area contributed by atoms with E-state index in [4.69, 9.17) is 4.74 Å². The average Bonchev–Trinajstić information content (AvgIpc) is 2.97. The van der Waals surface area contributed by atoms with Gasteiger partial charge in [-0.25, -0.2) is 17.9 Å². The van der Waals surface area contributed by atoms with Gasteiger partial charge in [0.2, 0.25) is 15.7 Å². The Morgan fingerprint density at radius 3 is 2.37 bits per heavy atom. The van der Waals surface area contributed by atoms with Crippen LogP contribution in [-0.2, 0) is 21.2 Å². The van der Waals surface area contributed by atoms with Crippen LogP contribution in [0, 0.1) is 0 Å². The smallest absolute Gasteiger partial charge is 0.367 e. The highest BCUT2D eigenvalue weighted by atomic mass is 32.2. The number of amides is 1. The Morgan fingerprint density at radius 2 is 1.77 bits per heavy atom. The normalized spacial score (nSPS) is 12.1. The van der Waals surface area contributed by atoms with Gasteiger partial charge < -0.3 is 10.1 Å². The Labute approximate surface area is 173 Å². The number of hydrogen-bond donors (Lipinski definition) is 1. The fourth-order valence-corrected chi connectivity index (χ4v) is 3.65. The van der Waals surface area contributed by atoms with Crippen LogP contribution in [0.1, 0.15) is 27.7 Å². The fourth-order valence-electron chi connectivity index (χ4n) is 2.59. The van der Waals surface area contributed by atoms with E-state index in [2.05, 4.69) is 15.5 Å². The maximum absolute atomic E-state index is 12.6. The van der Waals surface area contributed by atoms with Crippen molar-refractivity contribution in [3.8, 4) is 5.75 Å². The Balaban J connectivity index is 1.82. The van der Waals surface area contributed by atoms with E-state index in [1.54, 1.807) is 45.0 Å². The summed E-state index contributed by atoms with van der Waals surface area (Å²) in [4.78, 5) is 24.9. The van der Waals surface area contributed by atoms with E-state index in [1.165, 1.54) is 12.1 Å². The van der Waals surface area contributed by atoms with Crippen LogP contribution < -0.4 is 15.7 Å². The van der Waals surface area contributed by atoms with Crippen LogP contribution in [0.2, 0.25) is 0 Å². The second-order valence-electron chi connectivity index (χ2n) is 7.50. The largest absolute Gasteiger partial charge is 0.494 e. The zero-order valence-electron chi connectivity index (χ0n) is 17.1. The molecule has 1 amide bonds.